The Morgan fingerprint density at radius 3 is 2.64 bits per heavy atom. The second-order valence-corrected chi connectivity index (χ2v) is 4.69. The van der Waals surface area contributed by atoms with Gasteiger partial charge in [0.1, 0.15) is 6.04 Å². The maximum absolute atomic E-state index is 11.5. The van der Waals surface area contributed by atoms with Crippen molar-refractivity contribution in [2.45, 2.75) is 24.9 Å². The van der Waals surface area contributed by atoms with Gasteiger partial charge in [-0.05, 0) is 0 Å². The Balaban J connectivity index is 2.30. The molecular weight excluding hydrogens is 292 g/mol. The van der Waals surface area contributed by atoms with Crippen molar-refractivity contribution in [1.29, 1.82) is 0 Å². The van der Waals surface area contributed by atoms with E-state index >= 15 is 0 Å². The molecule has 0 fully saturated rings. The molecule has 0 unspecified atom stereocenters. The Labute approximate surface area is 126 Å². The van der Waals surface area contributed by atoms with Crippen LogP contribution in [0.25, 0.3) is 0 Å². The summed E-state index contributed by atoms with van der Waals surface area (Å²) in [5.74, 6) is -2.18. The molecule has 1 aromatic heterocycles. The predicted octanol–water partition coefficient (Wildman–Crippen LogP) is -2.69. The van der Waals surface area contributed by atoms with Gasteiger partial charge in [-0.1, -0.05) is 0 Å². The molecule has 0 aliphatic carbocycles. The summed E-state index contributed by atoms with van der Waals surface area (Å²) >= 11 is 0. The number of nitrogens with two attached hydrogens (primary N) is 2. The quantitative estimate of drug-likeness (QED) is 0.255. The number of carboxylic acids is 1. The molecule has 0 aromatic carbocycles. The molecule has 8 N–H and O–H groups in total. The third-order valence-corrected chi connectivity index (χ3v) is 2.85. The van der Waals surface area contributed by atoms with Crippen LogP contribution < -0.4 is 22.1 Å². The first kappa shape index (κ1) is 17.6. The minimum absolute atomic E-state index is 0.179. The number of carbonyl (C=O) groups is 3. The first-order valence-corrected chi connectivity index (χ1v) is 6.65. The number of aromatic amines is 1. The molecule has 2 amide bonds. The van der Waals surface area contributed by atoms with E-state index in [0.717, 1.165) is 0 Å². The number of hydrogen-bond acceptors (Lipinski definition) is 6. The number of H-pyrrole nitrogens is 1. The summed E-state index contributed by atoms with van der Waals surface area (Å²) in [5, 5.41) is 14.4. The largest absolute Gasteiger partial charge is 0.480 e. The van der Waals surface area contributed by atoms with Crippen molar-refractivity contribution in [1.82, 2.24) is 20.6 Å². The fraction of sp³-hybridized carbons (Fsp3) is 0.500. The van der Waals surface area contributed by atoms with Crippen molar-refractivity contribution in [2.24, 2.45) is 11.5 Å². The Hall–Kier alpha value is -2.46. The van der Waals surface area contributed by atoms with E-state index in [4.69, 9.17) is 16.6 Å². The molecule has 22 heavy (non-hydrogen) atoms. The highest BCUT2D eigenvalue weighted by Gasteiger charge is 2.18. The Kier molecular flexibility index (Phi) is 6.99. The van der Waals surface area contributed by atoms with E-state index in [1.807, 2.05) is 0 Å². The van der Waals surface area contributed by atoms with Gasteiger partial charge in [-0.3, -0.25) is 14.4 Å². The van der Waals surface area contributed by atoms with Gasteiger partial charge in [-0.15, -0.1) is 0 Å². The number of nitrogens with zero attached hydrogens (tertiary/aromatic N) is 1. The normalized spacial score (nSPS) is 13.3. The van der Waals surface area contributed by atoms with Crippen LogP contribution in [0.15, 0.2) is 12.5 Å². The van der Waals surface area contributed by atoms with Crippen LogP contribution in [-0.2, 0) is 20.8 Å². The maximum Gasteiger partial charge on any atom is 0.321 e. The minimum Gasteiger partial charge on any atom is -0.480 e. The van der Waals surface area contributed by atoms with Crippen LogP contribution in [0.3, 0.4) is 0 Å². The molecule has 1 heterocycles. The molecule has 0 spiro atoms. The summed E-state index contributed by atoms with van der Waals surface area (Å²) in [4.78, 5) is 39.9. The van der Waals surface area contributed by atoms with Crippen LogP contribution in [0, 0.1) is 0 Å². The Morgan fingerprint density at radius 1 is 1.36 bits per heavy atom. The highest BCUT2D eigenvalue weighted by atomic mass is 16.4. The second kappa shape index (κ2) is 8.74. The van der Waals surface area contributed by atoms with Crippen molar-refractivity contribution in [2.75, 3.05) is 13.1 Å². The summed E-state index contributed by atoms with van der Waals surface area (Å²) < 4.78 is 0. The molecule has 2 atom stereocenters. The molecular formula is C12H20N6O4. The van der Waals surface area contributed by atoms with Gasteiger partial charge in [0, 0.05) is 31.4 Å². The van der Waals surface area contributed by atoms with Crippen molar-refractivity contribution in [3.63, 3.8) is 0 Å². The van der Waals surface area contributed by atoms with Crippen LogP contribution in [0.2, 0.25) is 0 Å². The maximum atomic E-state index is 11.5. The zero-order valence-electron chi connectivity index (χ0n) is 11.9. The van der Waals surface area contributed by atoms with E-state index in [-0.39, 0.29) is 25.9 Å². The number of hydrogen-bond donors (Lipinski definition) is 6. The molecule has 10 heteroatoms. The van der Waals surface area contributed by atoms with E-state index in [1.54, 1.807) is 6.20 Å². The van der Waals surface area contributed by atoms with Crippen LogP contribution >= 0.6 is 0 Å². The molecule has 10 nitrogen and oxygen atoms in total. The molecule has 0 saturated heterocycles. The lowest BCUT2D eigenvalue weighted by molar-refractivity contribution is -0.139. The summed E-state index contributed by atoms with van der Waals surface area (Å²) in [6, 6.07) is -1.81. The predicted molar refractivity (Wildman–Crippen MR) is 76.5 cm³/mol. The van der Waals surface area contributed by atoms with Crippen molar-refractivity contribution >= 4 is 17.8 Å². The number of rotatable bonds is 10. The van der Waals surface area contributed by atoms with Crippen LogP contribution in [-0.4, -0.2) is 58.0 Å². The number of aromatic nitrogens is 2. The Morgan fingerprint density at radius 2 is 2.09 bits per heavy atom. The summed E-state index contributed by atoms with van der Waals surface area (Å²) in [6.45, 7) is 0.415. The van der Waals surface area contributed by atoms with Crippen LogP contribution in [0.4, 0.5) is 0 Å². The number of amides is 2. The average Bonchev–Trinajstić information content (AvgIpc) is 2.93. The van der Waals surface area contributed by atoms with Gasteiger partial charge in [-0.25, -0.2) is 4.98 Å². The highest BCUT2D eigenvalue weighted by molar-refractivity contribution is 5.87. The van der Waals surface area contributed by atoms with E-state index in [0.29, 0.717) is 5.69 Å². The lowest BCUT2D eigenvalue weighted by atomic mass is 10.1. The minimum atomic E-state index is -1.01. The zero-order valence-corrected chi connectivity index (χ0v) is 11.9. The fourth-order valence-corrected chi connectivity index (χ4v) is 1.74. The van der Waals surface area contributed by atoms with E-state index in [9.17, 15) is 14.4 Å². The van der Waals surface area contributed by atoms with Crippen molar-refractivity contribution in [3.05, 3.63) is 18.2 Å². The summed E-state index contributed by atoms with van der Waals surface area (Å²) in [7, 11) is 0. The average molecular weight is 312 g/mol. The Bertz CT molecular complexity index is 504. The van der Waals surface area contributed by atoms with Gasteiger partial charge in [0.25, 0.3) is 0 Å². The third-order valence-electron chi connectivity index (χ3n) is 2.85. The standard InChI is InChI=1S/C12H20N6O4/c13-8(4-10(14)19)11(20)17-2-1-16-9(12(21)22)3-7-5-15-6-18-7/h5-6,8-9,16H,1-4,13H2,(H2,14,19)(H,15,18)(H,17,20)(H,21,22)/t8-,9-/m0/s1. The van der Waals surface area contributed by atoms with Gasteiger partial charge >= 0.3 is 5.97 Å². The first-order chi connectivity index (χ1) is 10.4. The van der Waals surface area contributed by atoms with Gasteiger partial charge in [0.05, 0.1) is 18.8 Å². The second-order valence-electron chi connectivity index (χ2n) is 4.69. The van der Waals surface area contributed by atoms with Gasteiger partial charge in [0.2, 0.25) is 11.8 Å². The highest BCUT2D eigenvalue weighted by Crippen LogP contribution is 1.98. The van der Waals surface area contributed by atoms with Gasteiger partial charge in [0.15, 0.2) is 0 Å². The van der Waals surface area contributed by atoms with E-state index in [1.165, 1.54) is 6.33 Å². The summed E-state index contributed by atoms with van der Waals surface area (Å²) in [6.07, 6.45) is 3.01. The number of imidazole rings is 1. The van der Waals surface area contributed by atoms with Crippen LogP contribution in [0.1, 0.15) is 12.1 Å². The molecule has 0 bridgehead atoms. The van der Waals surface area contributed by atoms with Crippen LogP contribution in [0.5, 0.6) is 0 Å². The molecule has 0 radical (unpaired) electrons. The number of primary amides is 1. The van der Waals surface area contributed by atoms with Crippen molar-refractivity contribution < 1.29 is 19.5 Å². The molecule has 1 rings (SSSR count). The molecule has 0 aliphatic heterocycles. The van der Waals surface area contributed by atoms with E-state index < -0.39 is 29.9 Å². The van der Waals surface area contributed by atoms with Gasteiger partial charge in [-0.2, -0.15) is 0 Å². The first-order valence-electron chi connectivity index (χ1n) is 6.65. The van der Waals surface area contributed by atoms with Crippen molar-refractivity contribution in [3.8, 4) is 0 Å². The number of carbonyl (C=O) groups excluding carboxylic acids is 2. The topological polar surface area (TPSA) is 176 Å². The molecule has 0 aliphatic rings. The molecule has 122 valence electrons. The monoisotopic (exact) mass is 312 g/mol. The van der Waals surface area contributed by atoms with Gasteiger partial charge < -0.3 is 32.2 Å². The lowest BCUT2D eigenvalue weighted by Gasteiger charge is -2.15. The zero-order chi connectivity index (χ0) is 16.5. The van der Waals surface area contributed by atoms with E-state index in [2.05, 4.69) is 20.6 Å². The molecule has 0 saturated carbocycles. The third kappa shape index (κ3) is 6.33. The molecule has 1 aromatic rings. The fourth-order valence-electron chi connectivity index (χ4n) is 1.74. The number of nitrogens with one attached hydrogen (secondary N) is 3. The smallest absolute Gasteiger partial charge is 0.321 e. The number of aliphatic carboxylic acids is 1. The summed E-state index contributed by atoms with van der Waals surface area (Å²) in [5.41, 5.74) is 11.1. The number of carboxylic acid groups (broad SMARTS) is 1. The SMILES string of the molecule is NC(=O)C[C@H](N)C(=O)NCCN[C@@H](Cc1cnc[nH]1)C(=O)O. The lowest BCUT2D eigenvalue weighted by Crippen LogP contribution is -2.47.